The number of ether oxygens (including phenoxy) is 2. The Morgan fingerprint density at radius 1 is 1.20 bits per heavy atom. The first-order valence-electron chi connectivity index (χ1n) is 10.2. The lowest BCUT2D eigenvalue weighted by molar-refractivity contribution is -0.118. The molecule has 2 aliphatic heterocycles. The maximum Gasteiger partial charge on any atom is 0.173 e. The topological polar surface area (TPSA) is 79.6 Å². The molecular weight excluding hydrogens is 385 g/mol. The summed E-state index contributed by atoms with van der Waals surface area (Å²) in [5, 5.41) is 19.8. The van der Waals surface area contributed by atoms with E-state index in [9.17, 15) is 14.3 Å². The van der Waals surface area contributed by atoms with Crippen LogP contribution in [0.4, 0.5) is 4.39 Å². The fourth-order valence-corrected chi connectivity index (χ4v) is 5.03. The van der Waals surface area contributed by atoms with E-state index in [1.54, 1.807) is 12.1 Å². The lowest BCUT2D eigenvalue weighted by atomic mass is 9.80. The molecule has 0 radical (unpaired) electrons. The second-order valence-electron chi connectivity index (χ2n) is 8.00. The van der Waals surface area contributed by atoms with Crippen molar-refractivity contribution in [1.82, 2.24) is 0 Å². The highest BCUT2D eigenvalue weighted by molar-refractivity contribution is 6.25. The summed E-state index contributed by atoms with van der Waals surface area (Å²) in [4.78, 5) is 13.2. The molecule has 2 saturated heterocycles. The van der Waals surface area contributed by atoms with Gasteiger partial charge in [0.2, 0.25) is 0 Å². The number of aryl methyl sites for hydroxylation is 1. The Morgan fingerprint density at radius 2 is 1.97 bits per heavy atom. The van der Waals surface area contributed by atoms with Crippen LogP contribution in [-0.2, 0) is 16.0 Å². The average molecular weight is 405 g/mol. The van der Waals surface area contributed by atoms with E-state index in [2.05, 4.69) is 0 Å². The molecule has 1 N–H and O–H groups in total. The molecule has 30 heavy (non-hydrogen) atoms. The predicted octanol–water partition coefficient (Wildman–Crippen LogP) is 4.70. The van der Waals surface area contributed by atoms with Gasteiger partial charge in [0.1, 0.15) is 11.5 Å². The third-order valence-corrected chi connectivity index (χ3v) is 6.41. The van der Waals surface area contributed by atoms with Crippen LogP contribution in [0.2, 0.25) is 0 Å². The van der Waals surface area contributed by atoms with E-state index in [1.807, 2.05) is 19.1 Å². The van der Waals surface area contributed by atoms with Gasteiger partial charge in [-0.2, -0.15) is 5.26 Å². The first kappa shape index (κ1) is 18.8. The zero-order valence-electron chi connectivity index (χ0n) is 16.4. The van der Waals surface area contributed by atoms with Crippen LogP contribution in [0.1, 0.15) is 36.5 Å². The Balaban J connectivity index is 1.53. The number of benzene rings is 2. The first-order chi connectivity index (χ1) is 14.5. The Bertz CT molecular complexity index is 1130. The molecule has 0 aromatic heterocycles. The number of rotatable bonds is 4. The molecule has 2 bridgehead atoms. The molecule has 5 rings (SSSR count). The van der Waals surface area contributed by atoms with Crippen molar-refractivity contribution < 1.29 is 23.8 Å². The molecule has 2 aromatic rings. The number of carbonyl (C=O) groups excluding carboxylic acids is 1. The lowest BCUT2D eigenvalue weighted by Crippen LogP contribution is -2.29. The Labute approximate surface area is 173 Å². The highest BCUT2D eigenvalue weighted by atomic mass is 19.1. The van der Waals surface area contributed by atoms with Crippen LogP contribution in [0, 0.1) is 29.0 Å². The molecule has 5 nitrogen and oxygen atoms in total. The van der Waals surface area contributed by atoms with Crippen LogP contribution in [-0.4, -0.2) is 23.1 Å². The van der Waals surface area contributed by atoms with E-state index in [4.69, 9.17) is 14.7 Å². The molecule has 0 amide bonds. The predicted molar refractivity (Wildman–Crippen MR) is 106 cm³/mol. The van der Waals surface area contributed by atoms with Gasteiger partial charge in [0.25, 0.3) is 0 Å². The van der Waals surface area contributed by atoms with Crippen molar-refractivity contribution in [3.05, 3.63) is 64.7 Å². The van der Waals surface area contributed by atoms with Crippen LogP contribution in [0.5, 0.6) is 11.5 Å². The van der Waals surface area contributed by atoms with Crippen LogP contribution in [0.3, 0.4) is 0 Å². The molecule has 2 unspecified atom stereocenters. The van der Waals surface area contributed by atoms with E-state index in [-0.39, 0.29) is 46.9 Å². The maximum atomic E-state index is 14.2. The summed E-state index contributed by atoms with van der Waals surface area (Å²) < 4.78 is 25.8. The summed E-state index contributed by atoms with van der Waals surface area (Å²) in [6.07, 6.45) is 2.16. The Kier molecular flexibility index (Phi) is 4.37. The summed E-state index contributed by atoms with van der Waals surface area (Å²) in [7, 11) is 0. The third kappa shape index (κ3) is 2.73. The summed E-state index contributed by atoms with van der Waals surface area (Å²) in [6.45, 7) is 1.98. The van der Waals surface area contributed by atoms with Crippen molar-refractivity contribution in [1.29, 1.82) is 5.26 Å². The molecule has 6 heteroatoms. The van der Waals surface area contributed by atoms with Crippen LogP contribution >= 0.6 is 0 Å². The summed E-state index contributed by atoms with van der Waals surface area (Å²) in [5.41, 5.74) is 2.08. The van der Waals surface area contributed by atoms with Gasteiger partial charge in [-0.3, -0.25) is 4.79 Å². The second kappa shape index (κ2) is 6.96. The molecule has 2 aromatic carbocycles. The normalized spacial score (nSPS) is 26.8. The number of carbonyl (C=O) groups is 1. The van der Waals surface area contributed by atoms with Gasteiger partial charge in [-0.1, -0.05) is 13.0 Å². The Morgan fingerprint density at radius 3 is 2.63 bits per heavy atom. The van der Waals surface area contributed by atoms with E-state index in [0.29, 0.717) is 23.3 Å². The van der Waals surface area contributed by atoms with Crippen molar-refractivity contribution in [3.63, 3.8) is 0 Å². The van der Waals surface area contributed by atoms with Crippen molar-refractivity contribution in [2.24, 2.45) is 11.8 Å². The fraction of sp³-hybridized carbons (Fsp3) is 0.333. The number of Topliss-reactive ketones (excluding diaryl/α,β-unsaturated/α-hetero) is 1. The fourth-order valence-electron chi connectivity index (χ4n) is 5.03. The van der Waals surface area contributed by atoms with Gasteiger partial charge >= 0.3 is 0 Å². The first-order valence-corrected chi connectivity index (χ1v) is 10.2. The monoisotopic (exact) mass is 405 g/mol. The highest BCUT2D eigenvalue weighted by Crippen LogP contribution is 2.54. The summed E-state index contributed by atoms with van der Waals surface area (Å²) in [5.74, 6) is -0.855. The van der Waals surface area contributed by atoms with Crippen molar-refractivity contribution in [3.8, 4) is 17.6 Å². The largest absolute Gasteiger partial charge is 0.511 e. The van der Waals surface area contributed by atoms with Gasteiger partial charge in [-0.25, -0.2) is 4.39 Å². The number of nitrogens with zero attached hydrogens (tertiary/aromatic N) is 1. The van der Waals surface area contributed by atoms with E-state index >= 15 is 0 Å². The minimum atomic E-state index is -0.641. The van der Waals surface area contributed by atoms with E-state index < -0.39 is 5.82 Å². The average Bonchev–Trinajstić information content (AvgIpc) is 3.43. The SMILES string of the molecule is CCc1ccc(Oc2ccc(C#N)cc2F)cc1C1=C(O)[C@@H]2C3CCC(O3)[C@@H]2C1=O. The second-order valence-corrected chi connectivity index (χ2v) is 8.00. The molecule has 1 aliphatic carbocycles. The van der Waals surface area contributed by atoms with E-state index in [0.717, 1.165) is 24.5 Å². The number of aliphatic hydroxyl groups excluding tert-OH is 1. The summed E-state index contributed by atoms with van der Waals surface area (Å²) in [6, 6.07) is 11.1. The number of hydrogen-bond donors (Lipinski definition) is 1. The molecule has 2 heterocycles. The van der Waals surface area contributed by atoms with Gasteiger partial charge in [0, 0.05) is 0 Å². The highest BCUT2D eigenvalue weighted by Gasteiger charge is 2.59. The lowest BCUT2D eigenvalue weighted by Gasteiger charge is -2.19. The minimum Gasteiger partial charge on any atom is -0.511 e. The zero-order chi connectivity index (χ0) is 21.0. The molecule has 0 spiro atoms. The number of nitriles is 1. The third-order valence-electron chi connectivity index (χ3n) is 6.41. The maximum absolute atomic E-state index is 14.2. The molecule has 4 atom stereocenters. The van der Waals surface area contributed by atoms with Gasteiger partial charge in [-0.15, -0.1) is 0 Å². The number of hydrogen-bond acceptors (Lipinski definition) is 5. The molecule has 152 valence electrons. The van der Waals surface area contributed by atoms with E-state index in [1.165, 1.54) is 12.1 Å². The number of allylic oxidation sites excluding steroid dienone is 1. The van der Waals surface area contributed by atoms with Crippen molar-refractivity contribution in [2.75, 3.05) is 0 Å². The number of halogens is 1. The quantitative estimate of drug-likeness (QED) is 0.798. The van der Waals surface area contributed by atoms with Crippen molar-refractivity contribution in [2.45, 2.75) is 38.4 Å². The standard InChI is InChI=1S/C24H20FNO4/c1-2-13-4-5-14(29-17-6-3-12(11-26)9-16(17)25)10-15(13)20-23(27)21-18-7-8-19(30-18)22(21)24(20)28/h3-6,9-10,18-19,21-22,27H,2,7-8H2,1H3/t18?,19?,21-,22+/m1/s1. The van der Waals surface area contributed by atoms with Crippen LogP contribution in [0.25, 0.3) is 5.57 Å². The molecular formula is C24H20FNO4. The number of aliphatic hydroxyl groups is 1. The van der Waals surface area contributed by atoms with Gasteiger partial charge in [0.05, 0.1) is 41.2 Å². The van der Waals surface area contributed by atoms with Crippen LogP contribution in [0.15, 0.2) is 42.2 Å². The Hall–Kier alpha value is -3.17. The smallest absolute Gasteiger partial charge is 0.173 e. The van der Waals surface area contributed by atoms with Gasteiger partial charge in [0.15, 0.2) is 17.3 Å². The molecule has 0 saturated carbocycles. The van der Waals surface area contributed by atoms with Gasteiger partial charge in [-0.05, 0) is 60.7 Å². The summed E-state index contributed by atoms with van der Waals surface area (Å²) >= 11 is 0. The van der Waals surface area contributed by atoms with Crippen LogP contribution < -0.4 is 4.74 Å². The number of fused-ring (bicyclic) bond motifs is 5. The van der Waals surface area contributed by atoms with Crippen molar-refractivity contribution >= 4 is 11.4 Å². The zero-order valence-corrected chi connectivity index (χ0v) is 16.4. The molecule has 2 fully saturated rings. The minimum absolute atomic E-state index is 0.0107. The van der Waals surface area contributed by atoms with Gasteiger partial charge < -0.3 is 14.6 Å². The number of ketones is 1. The molecule has 3 aliphatic rings.